The number of rotatable bonds is 5. The number of nitrogens with zero attached hydrogens (tertiary/aromatic N) is 3. The predicted molar refractivity (Wildman–Crippen MR) is 85.1 cm³/mol. The molecule has 0 radical (unpaired) electrons. The molecule has 5 heteroatoms. The maximum atomic E-state index is 4.63. The summed E-state index contributed by atoms with van der Waals surface area (Å²) in [5.74, 6) is 2.55. The molecule has 1 aliphatic carbocycles. The third-order valence-electron chi connectivity index (χ3n) is 4.09. The van der Waals surface area contributed by atoms with Crippen molar-refractivity contribution in [1.82, 2.24) is 14.9 Å². The molecule has 1 N–H and O–H groups in total. The van der Waals surface area contributed by atoms with Gasteiger partial charge in [0, 0.05) is 25.1 Å². The van der Waals surface area contributed by atoms with Crippen LogP contribution in [0.4, 0.5) is 5.82 Å². The van der Waals surface area contributed by atoms with Gasteiger partial charge in [0.05, 0.1) is 0 Å². The van der Waals surface area contributed by atoms with Crippen LogP contribution < -0.4 is 5.32 Å². The second-order valence-electron chi connectivity index (χ2n) is 5.89. The van der Waals surface area contributed by atoms with E-state index in [1.54, 1.807) is 0 Å². The zero-order chi connectivity index (χ0) is 13.8. The van der Waals surface area contributed by atoms with E-state index in [0.29, 0.717) is 5.92 Å². The van der Waals surface area contributed by atoms with E-state index >= 15 is 0 Å². The van der Waals surface area contributed by atoms with Gasteiger partial charge in [-0.2, -0.15) is 0 Å². The fourth-order valence-corrected chi connectivity index (χ4v) is 3.15. The van der Waals surface area contributed by atoms with Gasteiger partial charge in [0.1, 0.15) is 16.2 Å². The van der Waals surface area contributed by atoms with Gasteiger partial charge in [-0.3, -0.25) is 0 Å². The molecule has 1 saturated carbocycles. The summed E-state index contributed by atoms with van der Waals surface area (Å²) < 4.78 is 0.895. The summed E-state index contributed by atoms with van der Waals surface area (Å²) in [7, 11) is 0. The average molecular weight is 339 g/mol. The molecule has 0 amide bonds. The zero-order valence-corrected chi connectivity index (χ0v) is 13.5. The molecule has 2 aliphatic rings. The number of aromatic nitrogens is 2. The number of anilines is 1. The van der Waals surface area contributed by atoms with Crippen molar-refractivity contribution in [1.29, 1.82) is 0 Å². The molecule has 3 rings (SSSR count). The molecule has 0 aromatic carbocycles. The largest absolute Gasteiger partial charge is 0.369 e. The molecular formula is C15H23BrN4. The lowest BCUT2D eigenvalue weighted by Gasteiger charge is -2.20. The van der Waals surface area contributed by atoms with Crippen molar-refractivity contribution >= 4 is 21.7 Å². The van der Waals surface area contributed by atoms with E-state index in [0.717, 1.165) is 29.3 Å². The first-order valence-corrected chi connectivity index (χ1v) is 8.61. The Labute approximate surface area is 129 Å². The van der Waals surface area contributed by atoms with E-state index in [1.165, 1.54) is 51.6 Å². The Morgan fingerprint density at radius 1 is 1.15 bits per heavy atom. The molecule has 1 saturated heterocycles. The number of hydrogen-bond donors (Lipinski definition) is 1. The minimum absolute atomic E-state index is 0.596. The van der Waals surface area contributed by atoms with E-state index < -0.39 is 0 Å². The highest BCUT2D eigenvalue weighted by molar-refractivity contribution is 9.10. The van der Waals surface area contributed by atoms with E-state index in [1.807, 2.05) is 6.07 Å². The second kappa shape index (κ2) is 6.85. The van der Waals surface area contributed by atoms with E-state index in [9.17, 15) is 0 Å². The number of hydrogen-bond acceptors (Lipinski definition) is 4. The van der Waals surface area contributed by atoms with Crippen LogP contribution in [0.5, 0.6) is 0 Å². The van der Waals surface area contributed by atoms with Crippen LogP contribution in [-0.4, -0.2) is 41.0 Å². The molecule has 2 heterocycles. The van der Waals surface area contributed by atoms with E-state index in [-0.39, 0.29) is 0 Å². The summed E-state index contributed by atoms with van der Waals surface area (Å²) in [6.45, 7) is 4.58. The van der Waals surface area contributed by atoms with Gasteiger partial charge in [-0.05, 0) is 54.7 Å². The highest BCUT2D eigenvalue weighted by atomic mass is 79.9. The maximum absolute atomic E-state index is 4.63. The first-order chi connectivity index (χ1) is 9.81. The first kappa shape index (κ1) is 14.3. The van der Waals surface area contributed by atoms with Gasteiger partial charge in [-0.15, -0.1) is 0 Å². The fraction of sp³-hybridized carbons (Fsp3) is 0.733. The number of nitrogens with one attached hydrogen (secondary N) is 1. The Morgan fingerprint density at radius 3 is 2.60 bits per heavy atom. The summed E-state index contributed by atoms with van der Waals surface area (Å²) >= 11 is 3.49. The molecule has 0 unspecified atom stereocenters. The highest BCUT2D eigenvalue weighted by Gasteiger charge is 2.27. The van der Waals surface area contributed by atoms with Crippen molar-refractivity contribution in [2.45, 2.75) is 44.4 Å². The first-order valence-electron chi connectivity index (χ1n) is 7.82. The van der Waals surface area contributed by atoms with Crippen LogP contribution in [0, 0.1) is 0 Å². The van der Waals surface area contributed by atoms with Crippen molar-refractivity contribution in [3.05, 3.63) is 16.5 Å². The van der Waals surface area contributed by atoms with Crippen molar-refractivity contribution in [3.63, 3.8) is 0 Å². The van der Waals surface area contributed by atoms with Gasteiger partial charge < -0.3 is 10.2 Å². The molecule has 4 nitrogen and oxygen atoms in total. The van der Waals surface area contributed by atoms with Crippen molar-refractivity contribution in [3.8, 4) is 0 Å². The SMILES string of the molecule is Brc1cc(NCCN2CCCCCC2)nc(C2CC2)n1. The molecule has 0 spiro atoms. The second-order valence-corrected chi connectivity index (χ2v) is 6.70. The normalized spacial score (nSPS) is 20.6. The molecule has 0 bridgehead atoms. The average Bonchev–Trinajstić information content (AvgIpc) is 3.26. The van der Waals surface area contributed by atoms with Gasteiger partial charge in [-0.1, -0.05) is 12.8 Å². The third kappa shape index (κ3) is 4.16. The summed E-state index contributed by atoms with van der Waals surface area (Å²) in [6.07, 6.45) is 7.98. The maximum Gasteiger partial charge on any atom is 0.135 e. The lowest BCUT2D eigenvalue weighted by Crippen LogP contribution is -2.30. The van der Waals surface area contributed by atoms with Crippen molar-refractivity contribution in [2.24, 2.45) is 0 Å². The van der Waals surface area contributed by atoms with Gasteiger partial charge in [0.25, 0.3) is 0 Å². The Hall–Kier alpha value is -0.680. The van der Waals surface area contributed by atoms with Crippen LogP contribution >= 0.6 is 15.9 Å². The Balaban J connectivity index is 1.50. The van der Waals surface area contributed by atoms with E-state index in [4.69, 9.17) is 0 Å². The summed E-state index contributed by atoms with van der Waals surface area (Å²) in [4.78, 5) is 11.7. The summed E-state index contributed by atoms with van der Waals surface area (Å²) in [5.41, 5.74) is 0. The number of halogens is 1. The fourth-order valence-electron chi connectivity index (χ4n) is 2.75. The van der Waals surface area contributed by atoms with Gasteiger partial charge in [0.2, 0.25) is 0 Å². The van der Waals surface area contributed by atoms with Crippen LogP contribution in [0.25, 0.3) is 0 Å². The molecule has 1 aromatic rings. The van der Waals surface area contributed by atoms with Crippen molar-refractivity contribution in [2.75, 3.05) is 31.5 Å². The zero-order valence-electron chi connectivity index (χ0n) is 11.9. The third-order valence-corrected chi connectivity index (χ3v) is 4.49. The smallest absolute Gasteiger partial charge is 0.135 e. The minimum atomic E-state index is 0.596. The van der Waals surface area contributed by atoms with Crippen LogP contribution in [0.3, 0.4) is 0 Å². The standard InChI is InChI=1S/C15H23BrN4/c16-13-11-14(19-15(18-13)12-5-6-12)17-7-10-20-8-3-1-2-4-9-20/h11-12H,1-10H2,(H,17,18,19). The highest BCUT2D eigenvalue weighted by Crippen LogP contribution is 2.38. The molecule has 0 atom stereocenters. The Kier molecular flexibility index (Phi) is 4.89. The lowest BCUT2D eigenvalue weighted by atomic mass is 10.2. The summed E-state index contributed by atoms with van der Waals surface area (Å²) in [6, 6.07) is 1.98. The Bertz CT molecular complexity index is 439. The van der Waals surface area contributed by atoms with Gasteiger partial charge in [-0.25, -0.2) is 9.97 Å². The van der Waals surface area contributed by atoms with Crippen LogP contribution in [0.2, 0.25) is 0 Å². The predicted octanol–water partition coefficient (Wildman–Crippen LogP) is 3.40. The van der Waals surface area contributed by atoms with Gasteiger partial charge >= 0.3 is 0 Å². The minimum Gasteiger partial charge on any atom is -0.369 e. The van der Waals surface area contributed by atoms with Crippen LogP contribution in [0.15, 0.2) is 10.7 Å². The summed E-state index contributed by atoms with van der Waals surface area (Å²) in [5, 5.41) is 3.45. The molecule has 2 fully saturated rings. The molecule has 110 valence electrons. The lowest BCUT2D eigenvalue weighted by molar-refractivity contribution is 0.296. The molecular weight excluding hydrogens is 316 g/mol. The quantitative estimate of drug-likeness (QED) is 0.835. The van der Waals surface area contributed by atoms with Crippen LogP contribution in [-0.2, 0) is 0 Å². The molecule has 20 heavy (non-hydrogen) atoms. The molecule has 1 aliphatic heterocycles. The van der Waals surface area contributed by atoms with Crippen LogP contribution in [0.1, 0.15) is 50.3 Å². The Morgan fingerprint density at radius 2 is 1.90 bits per heavy atom. The number of likely N-dealkylation sites (tertiary alicyclic amines) is 1. The topological polar surface area (TPSA) is 41.0 Å². The van der Waals surface area contributed by atoms with Crippen molar-refractivity contribution < 1.29 is 0 Å². The van der Waals surface area contributed by atoms with E-state index in [2.05, 4.69) is 36.1 Å². The molecule has 1 aromatic heterocycles. The monoisotopic (exact) mass is 338 g/mol. The van der Waals surface area contributed by atoms with Gasteiger partial charge in [0.15, 0.2) is 0 Å².